The van der Waals surface area contributed by atoms with Gasteiger partial charge >= 0.3 is 18.2 Å². The summed E-state index contributed by atoms with van der Waals surface area (Å²) in [5, 5.41) is 13.0. The fourth-order valence-corrected chi connectivity index (χ4v) is 2.70. The molecule has 31 heavy (non-hydrogen) atoms. The molecule has 9 nitrogen and oxygen atoms in total. The van der Waals surface area contributed by atoms with Crippen LogP contribution in [0.5, 0.6) is 0 Å². The maximum absolute atomic E-state index is 12.6. The molecular formula is C22H28N2O7. The minimum absolute atomic E-state index is 0.0119. The van der Waals surface area contributed by atoms with E-state index in [9.17, 15) is 19.5 Å². The van der Waals surface area contributed by atoms with E-state index in [-0.39, 0.29) is 18.9 Å². The molecule has 0 aliphatic heterocycles. The van der Waals surface area contributed by atoms with Crippen molar-refractivity contribution in [2.75, 3.05) is 6.61 Å². The third kappa shape index (κ3) is 7.14. The Balaban J connectivity index is 2.23. The number of carbonyl (C=O) groups excluding carboxylic acids is 3. The molecule has 1 heterocycles. The fourth-order valence-electron chi connectivity index (χ4n) is 2.70. The van der Waals surface area contributed by atoms with E-state index in [1.54, 1.807) is 52.0 Å². The number of rotatable bonds is 7. The van der Waals surface area contributed by atoms with Gasteiger partial charge in [0.25, 0.3) is 0 Å². The van der Waals surface area contributed by atoms with Gasteiger partial charge in [0.15, 0.2) is 6.10 Å². The molecule has 1 aromatic carbocycles. The summed E-state index contributed by atoms with van der Waals surface area (Å²) >= 11 is 0. The maximum Gasteiger partial charge on any atom is 0.418 e. The fraction of sp³-hybridized carbons (Fsp3) is 0.409. The van der Waals surface area contributed by atoms with E-state index in [0.29, 0.717) is 0 Å². The largest absolute Gasteiger partial charge is 0.464 e. The first kappa shape index (κ1) is 23.9. The van der Waals surface area contributed by atoms with Gasteiger partial charge in [-0.2, -0.15) is 0 Å². The van der Waals surface area contributed by atoms with Crippen molar-refractivity contribution in [1.82, 2.24) is 9.88 Å². The summed E-state index contributed by atoms with van der Waals surface area (Å²) < 4.78 is 16.5. The van der Waals surface area contributed by atoms with Crippen molar-refractivity contribution < 1.29 is 33.7 Å². The smallest absolute Gasteiger partial charge is 0.418 e. The number of benzene rings is 1. The van der Waals surface area contributed by atoms with Gasteiger partial charge in [0.1, 0.15) is 18.2 Å². The normalized spacial score (nSPS) is 13.1. The molecule has 0 spiro atoms. The monoisotopic (exact) mass is 432 g/mol. The topological polar surface area (TPSA) is 116 Å². The first-order valence-corrected chi connectivity index (χ1v) is 9.85. The van der Waals surface area contributed by atoms with E-state index in [0.717, 1.165) is 10.1 Å². The minimum atomic E-state index is -1.78. The second-order valence-corrected chi connectivity index (χ2v) is 7.66. The lowest BCUT2D eigenvalue weighted by Gasteiger charge is -2.25. The van der Waals surface area contributed by atoms with Gasteiger partial charge < -0.3 is 24.6 Å². The number of nitrogens with zero attached hydrogens (tertiary/aromatic N) is 1. The molecule has 0 saturated heterocycles. The summed E-state index contributed by atoms with van der Waals surface area (Å²) in [5.74, 6) is -0.951. The van der Waals surface area contributed by atoms with E-state index in [2.05, 4.69) is 5.32 Å². The summed E-state index contributed by atoms with van der Waals surface area (Å²) in [5.41, 5.74) is 0.124. The molecule has 2 N–H and O–H groups in total. The van der Waals surface area contributed by atoms with Crippen molar-refractivity contribution >= 4 is 18.2 Å². The molecule has 0 saturated carbocycles. The van der Waals surface area contributed by atoms with Gasteiger partial charge in [0, 0.05) is 6.20 Å². The number of ether oxygens (including phenoxy) is 3. The van der Waals surface area contributed by atoms with E-state index in [4.69, 9.17) is 14.2 Å². The number of aliphatic hydroxyl groups excluding tert-OH is 1. The average molecular weight is 432 g/mol. The third-order valence-electron chi connectivity index (χ3n) is 4.02. The molecule has 2 rings (SSSR count). The van der Waals surface area contributed by atoms with Crippen LogP contribution in [-0.2, 0) is 25.6 Å². The van der Waals surface area contributed by atoms with Crippen LogP contribution in [0.4, 0.5) is 9.59 Å². The molecule has 168 valence electrons. The van der Waals surface area contributed by atoms with Gasteiger partial charge in [-0.05, 0) is 45.4 Å². The molecule has 0 bridgehead atoms. The number of aromatic nitrogens is 1. The predicted octanol–water partition coefficient (Wildman–Crippen LogP) is 3.16. The van der Waals surface area contributed by atoms with Gasteiger partial charge in [0.05, 0.1) is 12.3 Å². The lowest BCUT2D eigenvalue weighted by molar-refractivity contribution is -0.154. The summed E-state index contributed by atoms with van der Waals surface area (Å²) in [6, 6.07) is 10.7. The van der Waals surface area contributed by atoms with E-state index < -0.39 is 35.9 Å². The molecule has 0 aliphatic rings. The SMILES string of the molecule is CCOC(=O)[C@H](O)[C@@H](NC(=O)OCc1ccccc1)c1cccn1C(=O)OC(C)(C)C. The van der Waals surface area contributed by atoms with Crippen LogP contribution in [0.3, 0.4) is 0 Å². The maximum atomic E-state index is 12.6. The van der Waals surface area contributed by atoms with Crippen LogP contribution in [0.15, 0.2) is 48.7 Å². The van der Waals surface area contributed by atoms with Crippen molar-refractivity contribution in [1.29, 1.82) is 0 Å². The highest BCUT2D eigenvalue weighted by Crippen LogP contribution is 2.21. The molecule has 0 unspecified atom stereocenters. The summed E-state index contributed by atoms with van der Waals surface area (Å²) in [7, 11) is 0. The van der Waals surface area contributed by atoms with Crippen molar-refractivity contribution in [3.05, 3.63) is 59.9 Å². The highest BCUT2D eigenvalue weighted by Gasteiger charge is 2.34. The number of alkyl carbamates (subject to hydrolysis) is 1. The van der Waals surface area contributed by atoms with E-state index in [1.165, 1.54) is 18.3 Å². The zero-order chi connectivity index (χ0) is 23.0. The Morgan fingerprint density at radius 1 is 1.06 bits per heavy atom. The second kappa shape index (κ2) is 10.6. The third-order valence-corrected chi connectivity index (χ3v) is 4.02. The Bertz CT molecular complexity index is 887. The summed E-state index contributed by atoms with van der Waals surface area (Å²) in [6.45, 7) is 6.73. The molecule has 2 aromatic rings. The zero-order valence-corrected chi connectivity index (χ0v) is 18.0. The van der Waals surface area contributed by atoms with E-state index in [1.807, 2.05) is 6.07 Å². The van der Waals surface area contributed by atoms with Crippen LogP contribution in [0, 0.1) is 0 Å². The van der Waals surface area contributed by atoms with Crippen LogP contribution in [0.1, 0.15) is 45.0 Å². The van der Waals surface area contributed by atoms with Crippen molar-refractivity contribution in [3.63, 3.8) is 0 Å². The molecule has 2 atom stereocenters. The Labute approximate surface area is 180 Å². The first-order chi connectivity index (χ1) is 14.6. The van der Waals surface area contributed by atoms with Crippen LogP contribution in [-0.4, -0.2) is 46.1 Å². The molecular weight excluding hydrogens is 404 g/mol. The van der Waals surface area contributed by atoms with Crippen LogP contribution >= 0.6 is 0 Å². The second-order valence-electron chi connectivity index (χ2n) is 7.66. The number of aliphatic hydroxyl groups is 1. The Hall–Kier alpha value is -3.33. The van der Waals surface area contributed by atoms with Gasteiger partial charge in [-0.15, -0.1) is 0 Å². The molecule has 0 fully saturated rings. The molecule has 9 heteroatoms. The highest BCUT2D eigenvalue weighted by molar-refractivity contribution is 5.78. The van der Waals surface area contributed by atoms with Crippen LogP contribution in [0.25, 0.3) is 0 Å². The summed E-state index contributed by atoms with van der Waals surface area (Å²) in [6.07, 6.45) is -1.98. The van der Waals surface area contributed by atoms with Crippen molar-refractivity contribution in [2.45, 2.75) is 52.0 Å². The lowest BCUT2D eigenvalue weighted by Crippen LogP contribution is -2.43. The zero-order valence-electron chi connectivity index (χ0n) is 18.0. The van der Waals surface area contributed by atoms with Gasteiger partial charge in [-0.25, -0.2) is 14.4 Å². The Morgan fingerprint density at radius 2 is 1.74 bits per heavy atom. The van der Waals surface area contributed by atoms with Gasteiger partial charge in [-0.3, -0.25) is 4.57 Å². The van der Waals surface area contributed by atoms with Crippen LogP contribution < -0.4 is 5.32 Å². The highest BCUT2D eigenvalue weighted by atomic mass is 16.6. The Morgan fingerprint density at radius 3 is 2.35 bits per heavy atom. The minimum Gasteiger partial charge on any atom is -0.464 e. The Kier molecular flexibility index (Phi) is 8.21. The number of nitrogens with one attached hydrogen (secondary N) is 1. The van der Waals surface area contributed by atoms with Crippen molar-refractivity contribution in [3.8, 4) is 0 Å². The van der Waals surface area contributed by atoms with Gasteiger partial charge in [0.2, 0.25) is 0 Å². The average Bonchev–Trinajstić information content (AvgIpc) is 3.19. The van der Waals surface area contributed by atoms with Crippen LogP contribution in [0.2, 0.25) is 0 Å². The number of esters is 1. The number of carbonyl (C=O) groups is 3. The molecule has 1 amide bonds. The van der Waals surface area contributed by atoms with E-state index >= 15 is 0 Å². The summed E-state index contributed by atoms with van der Waals surface area (Å²) in [4.78, 5) is 37.1. The molecule has 0 aliphatic carbocycles. The number of hydrogen-bond donors (Lipinski definition) is 2. The quantitative estimate of drug-likeness (QED) is 0.510. The first-order valence-electron chi connectivity index (χ1n) is 9.85. The molecule has 0 radical (unpaired) electrons. The predicted molar refractivity (Wildman–Crippen MR) is 111 cm³/mol. The van der Waals surface area contributed by atoms with Crippen molar-refractivity contribution in [2.24, 2.45) is 0 Å². The van der Waals surface area contributed by atoms with Gasteiger partial charge in [-0.1, -0.05) is 30.3 Å². The number of amides is 1. The standard InChI is InChI=1S/C22H28N2O7/c1-5-29-19(26)18(25)17(23-20(27)30-14-15-10-7-6-8-11-15)16-12-9-13-24(16)21(28)31-22(2,3)4/h6-13,17-18,25H,5,14H2,1-4H3,(H,23,27)/t17-,18+/m0/s1. The lowest BCUT2D eigenvalue weighted by atomic mass is 10.1. The number of hydrogen-bond acceptors (Lipinski definition) is 7. The molecule has 1 aromatic heterocycles.